The molecular weight excluding hydrogens is 400 g/mol. The van der Waals surface area contributed by atoms with Crippen LogP contribution in [0.25, 0.3) is 0 Å². The van der Waals surface area contributed by atoms with Crippen molar-refractivity contribution in [3.63, 3.8) is 0 Å². The number of amides is 1. The molecule has 2 aromatic carbocycles. The summed E-state index contributed by atoms with van der Waals surface area (Å²) < 4.78 is 52.2. The maximum absolute atomic E-state index is 12.4. The number of carbonyl (C=O) groups excluding carboxylic acids is 1. The molecule has 0 spiro atoms. The van der Waals surface area contributed by atoms with Crippen LogP contribution in [0, 0.1) is 5.92 Å². The Labute approximate surface area is 156 Å². The summed E-state index contributed by atoms with van der Waals surface area (Å²) in [7, 11) is -7.62. The fourth-order valence-electron chi connectivity index (χ4n) is 2.61. The van der Waals surface area contributed by atoms with Gasteiger partial charge in [-0.15, -0.1) is 0 Å². The topological polar surface area (TPSA) is 101 Å². The Balaban J connectivity index is 1.89. The fourth-order valence-corrected chi connectivity index (χ4v) is 5.67. The van der Waals surface area contributed by atoms with Gasteiger partial charge in [0.15, 0.2) is 0 Å². The highest BCUT2D eigenvalue weighted by Gasteiger charge is 2.41. The molecule has 1 amide bonds. The number of sulfonamides is 2. The third-order valence-corrected chi connectivity index (χ3v) is 7.32. The zero-order valence-corrected chi connectivity index (χ0v) is 16.0. The van der Waals surface area contributed by atoms with Gasteiger partial charge in [-0.3, -0.25) is 9.52 Å². The highest BCUT2D eigenvalue weighted by molar-refractivity contribution is 7.94. The molecule has 0 bridgehead atoms. The van der Waals surface area contributed by atoms with Crippen LogP contribution in [0.3, 0.4) is 0 Å². The first-order valence-corrected chi connectivity index (χ1v) is 11.0. The van der Waals surface area contributed by atoms with Crippen LogP contribution in [0.4, 0.5) is 11.4 Å². The Morgan fingerprint density at radius 3 is 2.35 bits per heavy atom. The molecule has 0 unspecified atom stereocenters. The largest absolute Gasteiger partial charge is 0.280 e. The van der Waals surface area contributed by atoms with Gasteiger partial charge < -0.3 is 0 Å². The maximum atomic E-state index is 12.4. The van der Waals surface area contributed by atoms with Crippen LogP contribution >= 0.6 is 11.6 Å². The predicted octanol–water partition coefficient (Wildman–Crippen LogP) is 2.45. The van der Waals surface area contributed by atoms with Crippen molar-refractivity contribution < 1.29 is 21.6 Å². The summed E-state index contributed by atoms with van der Waals surface area (Å²) in [6, 6.07) is 11.3. The summed E-state index contributed by atoms with van der Waals surface area (Å²) >= 11 is 5.84. The standard InChI is InChI=1S/C16H15ClN2O5S2/c1-11-10-25(21,22)19(16(11)20)14-5-7-15(8-6-14)26(23,24)18-13-4-2-3-12(17)9-13/h2-9,11,18H,10H2,1H3/t11-/m1/s1. The smallest absolute Gasteiger partial charge is 0.261 e. The fraction of sp³-hybridized carbons (Fsp3) is 0.188. The number of nitrogens with zero attached hydrogens (tertiary/aromatic N) is 1. The number of hydrogen-bond acceptors (Lipinski definition) is 5. The second-order valence-corrected chi connectivity index (χ2v) is 9.87. The molecule has 26 heavy (non-hydrogen) atoms. The van der Waals surface area contributed by atoms with Crippen LogP contribution in [0.15, 0.2) is 53.4 Å². The summed E-state index contributed by atoms with van der Waals surface area (Å²) in [5.74, 6) is -1.42. The highest BCUT2D eigenvalue weighted by Crippen LogP contribution is 2.29. The van der Waals surface area contributed by atoms with Crippen LogP contribution in [-0.4, -0.2) is 28.5 Å². The lowest BCUT2D eigenvalue weighted by Gasteiger charge is -2.16. The molecule has 10 heteroatoms. The minimum atomic E-state index is -3.88. The minimum Gasteiger partial charge on any atom is -0.280 e. The first-order chi connectivity index (χ1) is 12.1. The third kappa shape index (κ3) is 3.55. The molecule has 1 saturated heterocycles. The molecule has 0 aromatic heterocycles. The van der Waals surface area contributed by atoms with E-state index in [1.165, 1.54) is 37.3 Å². The van der Waals surface area contributed by atoms with Gasteiger partial charge in [0.05, 0.1) is 27.9 Å². The van der Waals surface area contributed by atoms with E-state index in [0.717, 1.165) is 4.31 Å². The van der Waals surface area contributed by atoms with E-state index < -0.39 is 31.9 Å². The van der Waals surface area contributed by atoms with Gasteiger partial charge in [0.2, 0.25) is 15.9 Å². The van der Waals surface area contributed by atoms with Crippen LogP contribution in [0.2, 0.25) is 5.02 Å². The van der Waals surface area contributed by atoms with Gasteiger partial charge in [-0.25, -0.2) is 21.1 Å². The number of nitrogens with one attached hydrogen (secondary N) is 1. The van der Waals surface area contributed by atoms with E-state index in [4.69, 9.17) is 11.6 Å². The molecule has 3 rings (SSSR count). The number of carbonyl (C=O) groups is 1. The summed E-state index contributed by atoms with van der Waals surface area (Å²) in [6.45, 7) is 1.54. The second kappa shape index (κ2) is 6.57. The number of benzene rings is 2. The Hall–Kier alpha value is -2.10. The van der Waals surface area contributed by atoms with Crippen LogP contribution in [0.5, 0.6) is 0 Å². The quantitative estimate of drug-likeness (QED) is 0.828. The van der Waals surface area contributed by atoms with E-state index in [2.05, 4.69) is 4.72 Å². The Morgan fingerprint density at radius 1 is 1.15 bits per heavy atom. The van der Waals surface area contributed by atoms with E-state index in [1.54, 1.807) is 18.2 Å². The molecule has 2 aromatic rings. The molecule has 1 aliphatic rings. The summed E-state index contributed by atoms with van der Waals surface area (Å²) in [5.41, 5.74) is 0.411. The van der Waals surface area contributed by atoms with Crippen LogP contribution in [0.1, 0.15) is 6.92 Å². The van der Waals surface area contributed by atoms with Crippen molar-refractivity contribution in [2.24, 2.45) is 5.92 Å². The Morgan fingerprint density at radius 2 is 1.81 bits per heavy atom. The van der Waals surface area contributed by atoms with Crippen molar-refractivity contribution in [1.29, 1.82) is 0 Å². The van der Waals surface area contributed by atoms with Crippen molar-refractivity contribution >= 4 is 48.9 Å². The number of halogens is 1. The van der Waals surface area contributed by atoms with Gasteiger partial charge in [-0.2, -0.15) is 0 Å². The van der Waals surface area contributed by atoms with Gasteiger partial charge in [-0.1, -0.05) is 24.6 Å². The van der Waals surface area contributed by atoms with Gasteiger partial charge in [0, 0.05) is 5.02 Å². The predicted molar refractivity (Wildman–Crippen MR) is 99.1 cm³/mol. The maximum Gasteiger partial charge on any atom is 0.261 e. The van der Waals surface area contributed by atoms with Gasteiger partial charge in [0.25, 0.3) is 10.0 Å². The van der Waals surface area contributed by atoms with Crippen molar-refractivity contribution in [3.05, 3.63) is 53.6 Å². The molecular formula is C16H15ClN2O5S2. The molecule has 1 fully saturated rings. The molecule has 0 radical (unpaired) electrons. The first-order valence-electron chi connectivity index (χ1n) is 7.55. The minimum absolute atomic E-state index is 0.0710. The van der Waals surface area contributed by atoms with Crippen molar-refractivity contribution in [3.8, 4) is 0 Å². The molecule has 0 saturated carbocycles. The summed E-state index contributed by atoms with van der Waals surface area (Å²) in [5, 5.41) is 0.382. The average molecular weight is 415 g/mol. The zero-order valence-electron chi connectivity index (χ0n) is 13.6. The SMILES string of the molecule is C[C@@H]1CS(=O)(=O)N(c2ccc(S(=O)(=O)Nc3cccc(Cl)c3)cc2)C1=O. The Kier molecular flexibility index (Phi) is 4.72. The molecule has 7 nitrogen and oxygen atoms in total. The molecule has 1 heterocycles. The lowest BCUT2D eigenvalue weighted by atomic mass is 10.2. The van der Waals surface area contributed by atoms with Crippen LogP contribution < -0.4 is 9.03 Å². The van der Waals surface area contributed by atoms with E-state index in [-0.39, 0.29) is 16.3 Å². The zero-order chi connectivity index (χ0) is 19.1. The van der Waals surface area contributed by atoms with Crippen molar-refractivity contribution in [2.45, 2.75) is 11.8 Å². The third-order valence-electron chi connectivity index (χ3n) is 3.82. The Bertz CT molecular complexity index is 1070. The second-order valence-electron chi connectivity index (χ2n) is 5.89. The van der Waals surface area contributed by atoms with E-state index in [0.29, 0.717) is 10.7 Å². The van der Waals surface area contributed by atoms with E-state index in [1.807, 2.05) is 0 Å². The average Bonchev–Trinajstić information content (AvgIpc) is 2.74. The molecule has 0 aliphatic carbocycles. The lowest BCUT2D eigenvalue weighted by molar-refractivity contribution is -0.119. The van der Waals surface area contributed by atoms with E-state index >= 15 is 0 Å². The van der Waals surface area contributed by atoms with Crippen LogP contribution in [-0.2, 0) is 24.8 Å². The number of rotatable bonds is 4. The monoisotopic (exact) mass is 414 g/mol. The normalized spacial score (nSPS) is 19.5. The highest BCUT2D eigenvalue weighted by atomic mass is 35.5. The van der Waals surface area contributed by atoms with Gasteiger partial charge in [0.1, 0.15) is 0 Å². The number of hydrogen-bond donors (Lipinski definition) is 1. The van der Waals surface area contributed by atoms with E-state index in [9.17, 15) is 21.6 Å². The summed E-state index contributed by atoms with van der Waals surface area (Å²) in [4.78, 5) is 12.0. The van der Waals surface area contributed by atoms with Crippen molar-refractivity contribution in [2.75, 3.05) is 14.8 Å². The number of anilines is 2. The molecule has 1 aliphatic heterocycles. The molecule has 138 valence electrons. The molecule has 1 N–H and O–H groups in total. The lowest BCUT2D eigenvalue weighted by Crippen LogP contribution is -2.30. The summed E-state index contributed by atoms with van der Waals surface area (Å²) in [6.07, 6.45) is 0. The van der Waals surface area contributed by atoms with Gasteiger partial charge >= 0.3 is 0 Å². The first kappa shape index (κ1) is 18.7. The van der Waals surface area contributed by atoms with Crippen molar-refractivity contribution in [1.82, 2.24) is 0 Å². The molecule has 1 atom stereocenters. The van der Waals surface area contributed by atoms with Gasteiger partial charge in [-0.05, 0) is 42.5 Å².